The van der Waals surface area contributed by atoms with Crippen molar-refractivity contribution in [2.45, 2.75) is 39.5 Å². The number of rotatable bonds is 5. The molecule has 1 amide bonds. The molecular formula is C26H25F3N6O. The zero-order valence-electron chi connectivity index (χ0n) is 20.2. The second-order valence-corrected chi connectivity index (χ2v) is 9.14. The normalized spacial score (nSPS) is 13.8. The molecule has 0 fully saturated rings. The lowest BCUT2D eigenvalue weighted by molar-refractivity contribution is -0.140. The van der Waals surface area contributed by atoms with Crippen LogP contribution < -0.4 is 0 Å². The average molecular weight is 495 g/mol. The van der Waals surface area contributed by atoms with Crippen molar-refractivity contribution in [1.29, 1.82) is 0 Å². The SMILES string of the molecule is Cc1ccnc(CN2CCc3c(cc(Cn4ccnc4C)cc3-c3cn(C)nc3C(F)(F)F)C2=O)c1. The largest absolute Gasteiger partial charge is 0.435 e. The standard InChI is InChI=1S/C26H25F3N6O/c1-16-4-6-31-19(10-16)14-35-8-5-20-21(23-15-33(3)32-24(23)26(27,28)29)11-18(12-22(20)25(35)36)13-34-9-7-30-17(34)2/h4,6-7,9-12,15H,5,8,13-14H2,1-3H3. The number of aromatic nitrogens is 5. The molecule has 3 aromatic heterocycles. The summed E-state index contributed by atoms with van der Waals surface area (Å²) in [5.41, 5.74) is 2.96. The van der Waals surface area contributed by atoms with E-state index >= 15 is 0 Å². The van der Waals surface area contributed by atoms with Gasteiger partial charge in [-0.3, -0.25) is 14.5 Å². The molecule has 1 aromatic carbocycles. The summed E-state index contributed by atoms with van der Waals surface area (Å²) in [6.07, 6.45) is 2.35. The highest BCUT2D eigenvalue weighted by atomic mass is 19.4. The van der Waals surface area contributed by atoms with E-state index in [0.29, 0.717) is 48.3 Å². The van der Waals surface area contributed by atoms with Gasteiger partial charge < -0.3 is 9.47 Å². The summed E-state index contributed by atoms with van der Waals surface area (Å²) in [5, 5.41) is 3.70. The lowest BCUT2D eigenvalue weighted by Gasteiger charge is -2.30. The molecule has 0 bridgehead atoms. The van der Waals surface area contributed by atoms with Gasteiger partial charge in [-0.1, -0.05) is 0 Å². The number of imidazole rings is 1. The van der Waals surface area contributed by atoms with Crippen molar-refractivity contribution >= 4 is 5.91 Å². The van der Waals surface area contributed by atoms with Crippen LogP contribution in [-0.4, -0.2) is 41.7 Å². The van der Waals surface area contributed by atoms with Crippen molar-refractivity contribution in [1.82, 2.24) is 29.2 Å². The number of benzene rings is 1. The topological polar surface area (TPSA) is 68.8 Å². The lowest BCUT2D eigenvalue weighted by atomic mass is 9.88. The summed E-state index contributed by atoms with van der Waals surface area (Å²) < 4.78 is 44.7. The Kier molecular flexibility index (Phi) is 5.89. The first-order chi connectivity index (χ1) is 17.1. The zero-order chi connectivity index (χ0) is 25.6. The number of halogens is 3. The second kappa shape index (κ2) is 8.92. The molecule has 10 heteroatoms. The van der Waals surface area contributed by atoms with Gasteiger partial charge in [-0.05, 0) is 66.8 Å². The van der Waals surface area contributed by atoms with Crippen molar-refractivity contribution in [3.8, 4) is 11.1 Å². The third-order valence-corrected chi connectivity index (χ3v) is 6.45. The molecule has 0 saturated carbocycles. The van der Waals surface area contributed by atoms with E-state index in [1.54, 1.807) is 35.6 Å². The van der Waals surface area contributed by atoms with Crippen molar-refractivity contribution in [3.63, 3.8) is 0 Å². The third-order valence-electron chi connectivity index (χ3n) is 6.45. The van der Waals surface area contributed by atoms with E-state index in [9.17, 15) is 18.0 Å². The van der Waals surface area contributed by atoms with Gasteiger partial charge in [-0.25, -0.2) is 4.98 Å². The molecule has 36 heavy (non-hydrogen) atoms. The number of pyridine rings is 1. The maximum atomic E-state index is 13.9. The van der Waals surface area contributed by atoms with Gasteiger partial charge in [-0.2, -0.15) is 18.3 Å². The summed E-state index contributed by atoms with van der Waals surface area (Å²) in [4.78, 5) is 23.9. The van der Waals surface area contributed by atoms with Crippen LogP contribution in [0.25, 0.3) is 11.1 Å². The molecule has 0 spiro atoms. The number of aryl methyl sites for hydroxylation is 3. The summed E-state index contributed by atoms with van der Waals surface area (Å²) >= 11 is 0. The first-order valence-electron chi connectivity index (χ1n) is 11.6. The molecular weight excluding hydrogens is 469 g/mol. The van der Waals surface area contributed by atoms with Gasteiger partial charge in [0.15, 0.2) is 5.69 Å². The molecule has 5 rings (SSSR count). The second-order valence-electron chi connectivity index (χ2n) is 9.14. The van der Waals surface area contributed by atoms with Crippen LogP contribution in [0.1, 0.15) is 44.3 Å². The van der Waals surface area contributed by atoms with Gasteiger partial charge in [0.2, 0.25) is 0 Å². The number of hydrogen-bond donors (Lipinski definition) is 0. The minimum Gasteiger partial charge on any atom is -0.332 e. The van der Waals surface area contributed by atoms with Crippen LogP contribution in [0.2, 0.25) is 0 Å². The van der Waals surface area contributed by atoms with Gasteiger partial charge >= 0.3 is 6.18 Å². The van der Waals surface area contributed by atoms with E-state index in [2.05, 4.69) is 15.1 Å². The minimum absolute atomic E-state index is 0.0212. The van der Waals surface area contributed by atoms with Crippen molar-refractivity contribution < 1.29 is 18.0 Å². The summed E-state index contributed by atoms with van der Waals surface area (Å²) in [6, 6.07) is 7.35. The summed E-state index contributed by atoms with van der Waals surface area (Å²) in [6.45, 7) is 4.91. The summed E-state index contributed by atoms with van der Waals surface area (Å²) in [5.74, 6) is 0.549. The molecule has 0 saturated heterocycles. The number of hydrogen-bond acceptors (Lipinski definition) is 4. The lowest BCUT2D eigenvalue weighted by Crippen LogP contribution is -2.37. The van der Waals surface area contributed by atoms with Gasteiger partial charge in [0.25, 0.3) is 5.91 Å². The first-order valence-corrected chi connectivity index (χ1v) is 11.6. The maximum Gasteiger partial charge on any atom is 0.435 e. The average Bonchev–Trinajstić information content (AvgIpc) is 3.41. The Morgan fingerprint density at radius 1 is 1.00 bits per heavy atom. The van der Waals surface area contributed by atoms with E-state index in [0.717, 1.165) is 21.8 Å². The van der Waals surface area contributed by atoms with E-state index in [4.69, 9.17) is 0 Å². The molecule has 0 unspecified atom stereocenters. The van der Waals surface area contributed by atoms with Crippen LogP contribution in [0.5, 0.6) is 0 Å². The van der Waals surface area contributed by atoms with Crippen LogP contribution in [0, 0.1) is 13.8 Å². The Hall–Kier alpha value is -3.95. The first kappa shape index (κ1) is 23.8. The number of alkyl halides is 3. The highest BCUT2D eigenvalue weighted by molar-refractivity contribution is 5.99. The Balaban J connectivity index is 1.61. The van der Waals surface area contributed by atoms with Crippen LogP contribution in [0.15, 0.2) is 49.1 Å². The van der Waals surface area contributed by atoms with Gasteiger partial charge in [-0.15, -0.1) is 0 Å². The molecule has 4 heterocycles. The molecule has 7 nitrogen and oxygen atoms in total. The third kappa shape index (κ3) is 4.50. The predicted octanol–water partition coefficient (Wildman–Crippen LogP) is 4.56. The smallest absolute Gasteiger partial charge is 0.332 e. The number of amides is 1. The fraction of sp³-hybridized carbons (Fsp3) is 0.308. The van der Waals surface area contributed by atoms with Crippen LogP contribution >= 0.6 is 0 Å². The number of carbonyl (C=O) groups is 1. The van der Waals surface area contributed by atoms with E-state index in [-0.39, 0.29) is 11.5 Å². The van der Waals surface area contributed by atoms with Gasteiger partial charge in [0.1, 0.15) is 5.82 Å². The zero-order valence-corrected chi connectivity index (χ0v) is 20.2. The monoisotopic (exact) mass is 494 g/mol. The van der Waals surface area contributed by atoms with Gasteiger partial charge in [0, 0.05) is 56.1 Å². The molecule has 0 aliphatic carbocycles. The molecule has 1 aliphatic heterocycles. The van der Waals surface area contributed by atoms with Crippen LogP contribution in [-0.2, 0) is 32.7 Å². The molecule has 186 valence electrons. The maximum absolute atomic E-state index is 13.9. The van der Waals surface area contributed by atoms with E-state index < -0.39 is 11.9 Å². The van der Waals surface area contributed by atoms with Crippen molar-refractivity contribution in [2.24, 2.45) is 7.05 Å². The predicted molar refractivity (Wildman–Crippen MR) is 127 cm³/mol. The molecule has 0 atom stereocenters. The number of nitrogens with zero attached hydrogens (tertiary/aromatic N) is 6. The molecule has 0 radical (unpaired) electrons. The number of fused-ring (bicyclic) bond motifs is 1. The Morgan fingerprint density at radius 2 is 1.78 bits per heavy atom. The van der Waals surface area contributed by atoms with Crippen molar-refractivity contribution in [2.75, 3.05) is 6.54 Å². The molecule has 4 aromatic rings. The Bertz CT molecular complexity index is 1450. The fourth-order valence-electron chi connectivity index (χ4n) is 4.74. The summed E-state index contributed by atoms with van der Waals surface area (Å²) in [7, 11) is 1.46. The van der Waals surface area contributed by atoms with Crippen molar-refractivity contribution in [3.05, 3.63) is 88.5 Å². The molecule has 0 N–H and O–H groups in total. The molecule has 1 aliphatic rings. The van der Waals surface area contributed by atoms with Crippen LogP contribution in [0.4, 0.5) is 13.2 Å². The highest BCUT2D eigenvalue weighted by Crippen LogP contribution is 2.40. The minimum atomic E-state index is -4.62. The highest BCUT2D eigenvalue weighted by Gasteiger charge is 2.39. The van der Waals surface area contributed by atoms with E-state index in [1.807, 2.05) is 30.5 Å². The Labute approximate surface area is 206 Å². The quantitative estimate of drug-likeness (QED) is 0.408. The fourth-order valence-corrected chi connectivity index (χ4v) is 4.74. The van der Waals surface area contributed by atoms with Crippen LogP contribution in [0.3, 0.4) is 0 Å². The van der Waals surface area contributed by atoms with E-state index in [1.165, 1.54) is 13.2 Å². The van der Waals surface area contributed by atoms with Gasteiger partial charge in [0.05, 0.1) is 12.2 Å². The number of carbonyl (C=O) groups excluding carboxylic acids is 1. The Morgan fingerprint density at radius 3 is 2.47 bits per heavy atom.